The minimum atomic E-state index is -0.479. The Bertz CT molecular complexity index is 1310. The van der Waals surface area contributed by atoms with Crippen molar-refractivity contribution in [1.82, 2.24) is 14.5 Å². The van der Waals surface area contributed by atoms with Crippen LogP contribution in [0.4, 0.5) is 0 Å². The van der Waals surface area contributed by atoms with Gasteiger partial charge in [-0.1, -0.05) is 43.5 Å². The van der Waals surface area contributed by atoms with Crippen molar-refractivity contribution in [2.24, 2.45) is 0 Å². The number of para-hydroxylation sites is 1. The molecule has 4 aromatic rings. The number of carbonyl (C=O) groups excluding carboxylic acids is 1. The minimum Gasteiger partial charge on any atom is -0.467 e. The SMILES string of the molecule is CCCCCC(=O)N(Cc1ccco1)C(C)c1nc2ccccc2c(=O)n1-c1ccc(Cl)cc1. The van der Waals surface area contributed by atoms with E-state index in [0.29, 0.717) is 46.2 Å². The standard InChI is InChI=1S/C27H28ClN3O3/c1-3-4-5-12-25(32)30(18-22-9-8-17-34-22)19(2)26-29-24-11-7-6-10-23(24)27(33)31(26)21-15-13-20(28)14-16-21/h6-11,13-17,19H,3-5,12,18H2,1-2H3. The molecule has 0 aliphatic rings. The van der Waals surface area contributed by atoms with Gasteiger partial charge in [-0.05, 0) is 61.9 Å². The van der Waals surface area contributed by atoms with E-state index < -0.39 is 6.04 Å². The number of aromatic nitrogens is 2. The third-order valence-electron chi connectivity index (χ3n) is 5.95. The molecule has 4 rings (SSSR count). The molecular formula is C27H28ClN3O3. The molecule has 0 N–H and O–H groups in total. The molecule has 2 heterocycles. The Labute approximate surface area is 203 Å². The van der Waals surface area contributed by atoms with E-state index in [9.17, 15) is 9.59 Å². The molecule has 0 aliphatic carbocycles. The summed E-state index contributed by atoms with van der Waals surface area (Å²) in [6.45, 7) is 4.31. The van der Waals surface area contributed by atoms with E-state index in [2.05, 4.69) is 6.92 Å². The first-order valence-electron chi connectivity index (χ1n) is 11.6. The Hall–Kier alpha value is -3.38. The summed E-state index contributed by atoms with van der Waals surface area (Å²) in [5, 5.41) is 1.09. The van der Waals surface area contributed by atoms with E-state index in [1.165, 1.54) is 0 Å². The highest BCUT2D eigenvalue weighted by Gasteiger charge is 2.27. The number of furan rings is 1. The quantitative estimate of drug-likeness (QED) is 0.265. The van der Waals surface area contributed by atoms with Gasteiger partial charge in [0.2, 0.25) is 5.91 Å². The molecule has 0 saturated heterocycles. The first-order valence-corrected chi connectivity index (χ1v) is 12.0. The number of carbonyl (C=O) groups is 1. The molecule has 2 aromatic heterocycles. The molecule has 0 radical (unpaired) electrons. The fraction of sp³-hybridized carbons (Fsp3) is 0.296. The van der Waals surface area contributed by atoms with Crippen LogP contribution in [0.25, 0.3) is 16.6 Å². The molecule has 1 amide bonds. The number of hydrogen-bond acceptors (Lipinski definition) is 4. The lowest BCUT2D eigenvalue weighted by molar-refractivity contribution is -0.134. The van der Waals surface area contributed by atoms with Crippen LogP contribution in [0, 0.1) is 0 Å². The van der Waals surface area contributed by atoms with Crippen LogP contribution >= 0.6 is 11.6 Å². The van der Waals surface area contributed by atoms with Gasteiger partial charge in [0.05, 0.1) is 35.4 Å². The van der Waals surface area contributed by atoms with Crippen molar-refractivity contribution in [3.05, 3.63) is 93.9 Å². The van der Waals surface area contributed by atoms with Crippen LogP contribution in [0.5, 0.6) is 0 Å². The van der Waals surface area contributed by atoms with Gasteiger partial charge in [-0.15, -0.1) is 0 Å². The van der Waals surface area contributed by atoms with Crippen LogP contribution < -0.4 is 5.56 Å². The van der Waals surface area contributed by atoms with E-state index >= 15 is 0 Å². The summed E-state index contributed by atoms with van der Waals surface area (Å²) in [6.07, 6.45) is 4.85. The smallest absolute Gasteiger partial charge is 0.266 e. The topological polar surface area (TPSA) is 68.3 Å². The minimum absolute atomic E-state index is 0.00223. The maximum Gasteiger partial charge on any atom is 0.266 e. The Kier molecular flexibility index (Phi) is 7.48. The summed E-state index contributed by atoms with van der Waals surface area (Å²) < 4.78 is 7.13. The van der Waals surface area contributed by atoms with Gasteiger partial charge in [-0.25, -0.2) is 4.98 Å². The van der Waals surface area contributed by atoms with Crippen LogP contribution in [0.2, 0.25) is 5.02 Å². The van der Waals surface area contributed by atoms with E-state index in [-0.39, 0.29) is 11.5 Å². The lowest BCUT2D eigenvalue weighted by Gasteiger charge is -2.30. The summed E-state index contributed by atoms with van der Waals surface area (Å²) in [5.74, 6) is 1.17. The monoisotopic (exact) mass is 477 g/mol. The lowest BCUT2D eigenvalue weighted by Crippen LogP contribution is -2.37. The second-order valence-corrected chi connectivity index (χ2v) is 8.77. The second-order valence-electron chi connectivity index (χ2n) is 8.34. The van der Waals surface area contributed by atoms with Gasteiger partial charge < -0.3 is 9.32 Å². The maximum atomic E-state index is 13.6. The Morgan fingerprint density at radius 1 is 1.09 bits per heavy atom. The average molecular weight is 478 g/mol. The molecule has 1 atom stereocenters. The number of benzene rings is 2. The van der Waals surface area contributed by atoms with Gasteiger partial charge in [0, 0.05) is 11.4 Å². The zero-order valence-corrected chi connectivity index (χ0v) is 20.2. The number of nitrogens with zero attached hydrogens (tertiary/aromatic N) is 3. The fourth-order valence-corrected chi connectivity index (χ4v) is 4.22. The largest absolute Gasteiger partial charge is 0.467 e. The first-order chi connectivity index (χ1) is 16.5. The highest BCUT2D eigenvalue weighted by Crippen LogP contribution is 2.26. The summed E-state index contributed by atoms with van der Waals surface area (Å²) in [7, 11) is 0. The number of rotatable bonds is 9. The summed E-state index contributed by atoms with van der Waals surface area (Å²) in [5.41, 5.74) is 1.05. The number of halogens is 1. The van der Waals surface area contributed by atoms with E-state index in [4.69, 9.17) is 21.0 Å². The number of amides is 1. The molecule has 2 aromatic carbocycles. The van der Waals surface area contributed by atoms with Crippen LogP contribution in [0.15, 0.2) is 76.1 Å². The maximum absolute atomic E-state index is 13.6. The van der Waals surface area contributed by atoms with Crippen LogP contribution in [-0.4, -0.2) is 20.4 Å². The Morgan fingerprint density at radius 3 is 2.56 bits per heavy atom. The zero-order valence-electron chi connectivity index (χ0n) is 19.4. The zero-order chi connectivity index (χ0) is 24.1. The third kappa shape index (κ3) is 5.07. The van der Waals surface area contributed by atoms with E-state index in [1.54, 1.807) is 52.1 Å². The predicted octanol–water partition coefficient (Wildman–Crippen LogP) is 6.30. The summed E-state index contributed by atoms with van der Waals surface area (Å²) in [6, 6.07) is 17.5. The Balaban J connectivity index is 1.84. The predicted molar refractivity (Wildman–Crippen MR) is 134 cm³/mol. The van der Waals surface area contributed by atoms with Gasteiger partial charge in [-0.3, -0.25) is 14.2 Å². The molecule has 0 fully saturated rings. The van der Waals surface area contributed by atoms with Gasteiger partial charge in [0.1, 0.15) is 11.6 Å². The molecular weight excluding hydrogens is 450 g/mol. The van der Waals surface area contributed by atoms with Crippen molar-refractivity contribution < 1.29 is 9.21 Å². The average Bonchev–Trinajstić information content (AvgIpc) is 3.36. The van der Waals surface area contributed by atoms with Crippen molar-refractivity contribution in [2.75, 3.05) is 0 Å². The van der Waals surface area contributed by atoms with Gasteiger partial charge >= 0.3 is 0 Å². The molecule has 0 bridgehead atoms. The fourth-order valence-electron chi connectivity index (χ4n) is 4.09. The molecule has 176 valence electrons. The van der Waals surface area contributed by atoms with Gasteiger partial charge in [0.25, 0.3) is 5.56 Å². The van der Waals surface area contributed by atoms with Crippen molar-refractivity contribution in [3.63, 3.8) is 0 Å². The molecule has 1 unspecified atom stereocenters. The number of unbranched alkanes of at least 4 members (excludes halogenated alkanes) is 2. The van der Waals surface area contributed by atoms with Crippen molar-refractivity contribution in [3.8, 4) is 5.69 Å². The molecule has 0 saturated carbocycles. The van der Waals surface area contributed by atoms with E-state index in [1.807, 2.05) is 31.2 Å². The van der Waals surface area contributed by atoms with E-state index in [0.717, 1.165) is 19.3 Å². The Morgan fingerprint density at radius 2 is 1.85 bits per heavy atom. The number of hydrogen-bond donors (Lipinski definition) is 0. The summed E-state index contributed by atoms with van der Waals surface area (Å²) in [4.78, 5) is 33.6. The molecule has 0 aliphatic heterocycles. The highest BCUT2D eigenvalue weighted by molar-refractivity contribution is 6.30. The van der Waals surface area contributed by atoms with Crippen molar-refractivity contribution in [1.29, 1.82) is 0 Å². The molecule has 0 spiro atoms. The second kappa shape index (κ2) is 10.7. The molecule has 7 heteroatoms. The third-order valence-corrected chi connectivity index (χ3v) is 6.20. The molecule has 34 heavy (non-hydrogen) atoms. The lowest BCUT2D eigenvalue weighted by atomic mass is 10.1. The summed E-state index contributed by atoms with van der Waals surface area (Å²) >= 11 is 6.10. The van der Waals surface area contributed by atoms with Crippen LogP contribution in [-0.2, 0) is 11.3 Å². The van der Waals surface area contributed by atoms with Crippen molar-refractivity contribution in [2.45, 2.75) is 52.1 Å². The van der Waals surface area contributed by atoms with Crippen LogP contribution in [0.3, 0.4) is 0 Å². The first kappa shape index (κ1) is 23.8. The highest BCUT2D eigenvalue weighted by atomic mass is 35.5. The number of fused-ring (bicyclic) bond motifs is 1. The molecule has 6 nitrogen and oxygen atoms in total. The van der Waals surface area contributed by atoms with Crippen LogP contribution in [0.1, 0.15) is 57.2 Å². The van der Waals surface area contributed by atoms with Gasteiger partial charge in [-0.2, -0.15) is 0 Å². The van der Waals surface area contributed by atoms with Gasteiger partial charge in [0.15, 0.2) is 0 Å². The van der Waals surface area contributed by atoms with Crippen molar-refractivity contribution >= 4 is 28.4 Å². The normalized spacial score (nSPS) is 12.1.